The SMILES string of the molecule is CC(C)/C=C/C=C/C=C/C=C/C=C/C(=O)NC1=C(O)CCC1=O. The largest absolute Gasteiger partial charge is 0.510 e. The number of rotatable bonds is 7. The topological polar surface area (TPSA) is 66.4 Å². The van der Waals surface area contributed by atoms with E-state index < -0.39 is 5.91 Å². The molecule has 4 nitrogen and oxygen atoms in total. The number of hydrogen-bond acceptors (Lipinski definition) is 3. The second-order valence-electron chi connectivity index (χ2n) is 5.38. The van der Waals surface area contributed by atoms with E-state index in [1.165, 1.54) is 6.08 Å². The van der Waals surface area contributed by atoms with Crippen LogP contribution in [0.15, 0.2) is 72.2 Å². The third-order valence-electron chi connectivity index (χ3n) is 2.93. The zero-order valence-electron chi connectivity index (χ0n) is 13.5. The van der Waals surface area contributed by atoms with Gasteiger partial charge in [0.25, 0.3) is 0 Å². The Morgan fingerprint density at radius 2 is 1.57 bits per heavy atom. The van der Waals surface area contributed by atoms with Crippen LogP contribution in [0.1, 0.15) is 26.7 Å². The third-order valence-corrected chi connectivity index (χ3v) is 2.93. The second kappa shape index (κ2) is 10.2. The zero-order valence-corrected chi connectivity index (χ0v) is 13.5. The van der Waals surface area contributed by atoms with Gasteiger partial charge >= 0.3 is 0 Å². The summed E-state index contributed by atoms with van der Waals surface area (Å²) in [4.78, 5) is 23.0. The Morgan fingerprint density at radius 1 is 1.00 bits per heavy atom. The number of aliphatic hydroxyl groups is 1. The third kappa shape index (κ3) is 7.81. The van der Waals surface area contributed by atoms with Crippen molar-refractivity contribution < 1.29 is 14.7 Å². The Labute approximate surface area is 137 Å². The first-order chi connectivity index (χ1) is 11.0. The van der Waals surface area contributed by atoms with E-state index in [0.29, 0.717) is 12.3 Å². The molecule has 0 atom stereocenters. The fraction of sp³-hybridized carbons (Fsp3) is 0.263. The van der Waals surface area contributed by atoms with Crippen molar-refractivity contribution in [2.75, 3.05) is 0 Å². The number of carbonyl (C=O) groups is 2. The van der Waals surface area contributed by atoms with Crippen molar-refractivity contribution in [2.24, 2.45) is 5.92 Å². The molecule has 1 rings (SSSR count). The van der Waals surface area contributed by atoms with Crippen LogP contribution in [0, 0.1) is 5.92 Å². The lowest BCUT2D eigenvalue weighted by Gasteiger charge is -2.01. The van der Waals surface area contributed by atoms with Crippen LogP contribution in [0.3, 0.4) is 0 Å². The molecule has 0 saturated heterocycles. The Morgan fingerprint density at radius 3 is 2.09 bits per heavy atom. The number of allylic oxidation sites excluding steroid dienone is 11. The molecular formula is C19H23NO3. The van der Waals surface area contributed by atoms with E-state index in [0.717, 1.165) is 0 Å². The molecular weight excluding hydrogens is 290 g/mol. The van der Waals surface area contributed by atoms with Crippen molar-refractivity contribution >= 4 is 11.7 Å². The summed E-state index contributed by atoms with van der Waals surface area (Å²) in [6.07, 6.45) is 18.6. The highest BCUT2D eigenvalue weighted by molar-refractivity contribution is 6.03. The molecule has 0 saturated carbocycles. The van der Waals surface area contributed by atoms with Gasteiger partial charge in [0.15, 0.2) is 5.78 Å². The molecule has 1 aliphatic rings. The average Bonchev–Trinajstić information content (AvgIpc) is 2.80. The highest BCUT2D eigenvalue weighted by atomic mass is 16.3. The molecule has 0 aromatic heterocycles. The summed E-state index contributed by atoms with van der Waals surface area (Å²) in [7, 11) is 0. The van der Waals surface area contributed by atoms with Gasteiger partial charge in [-0.2, -0.15) is 0 Å². The monoisotopic (exact) mass is 313 g/mol. The van der Waals surface area contributed by atoms with Gasteiger partial charge in [-0.1, -0.05) is 68.5 Å². The Bertz CT molecular complexity index is 602. The lowest BCUT2D eigenvalue weighted by molar-refractivity contribution is -0.119. The highest BCUT2D eigenvalue weighted by Gasteiger charge is 2.23. The minimum atomic E-state index is -0.436. The van der Waals surface area contributed by atoms with E-state index in [2.05, 4.69) is 25.2 Å². The quantitative estimate of drug-likeness (QED) is 0.556. The molecule has 0 aromatic carbocycles. The molecule has 0 bridgehead atoms. The van der Waals surface area contributed by atoms with Crippen LogP contribution in [0.5, 0.6) is 0 Å². The Balaban J connectivity index is 2.34. The molecule has 1 aliphatic carbocycles. The number of hydrogen-bond donors (Lipinski definition) is 2. The predicted octanol–water partition coefficient (Wildman–Crippen LogP) is 3.67. The molecule has 0 unspecified atom stereocenters. The van der Waals surface area contributed by atoms with E-state index in [1.54, 1.807) is 18.2 Å². The Hall–Kier alpha value is -2.62. The summed E-state index contributed by atoms with van der Waals surface area (Å²) in [6.45, 7) is 4.23. The van der Waals surface area contributed by atoms with Crippen molar-refractivity contribution in [3.63, 3.8) is 0 Å². The number of aliphatic hydroxyl groups excluding tert-OH is 1. The van der Waals surface area contributed by atoms with Gasteiger partial charge in [0, 0.05) is 18.9 Å². The molecule has 0 aromatic rings. The first kappa shape index (κ1) is 18.4. The minimum absolute atomic E-state index is 0.0168. The van der Waals surface area contributed by atoms with Gasteiger partial charge < -0.3 is 10.4 Å². The van der Waals surface area contributed by atoms with E-state index in [4.69, 9.17) is 0 Å². The molecule has 0 heterocycles. The van der Waals surface area contributed by atoms with Crippen LogP contribution in [-0.4, -0.2) is 16.8 Å². The molecule has 2 N–H and O–H groups in total. The maximum absolute atomic E-state index is 11.6. The van der Waals surface area contributed by atoms with Crippen LogP contribution in [0.2, 0.25) is 0 Å². The zero-order chi connectivity index (χ0) is 17.1. The van der Waals surface area contributed by atoms with Gasteiger partial charge in [0.1, 0.15) is 11.5 Å². The molecule has 4 heteroatoms. The first-order valence-electron chi connectivity index (χ1n) is 7.62. The van der Waals surface area contributed by atoms with E-state index in [1.807, 2.05) is 30.4 Å². The summed E-state index contributed by atoms with van der Waals surface area (Å²) in [5, 5.41) is 11.9. The summed E-state index contributed by atoms with van der Waals surface area (Å²) >= 11 is 0. The Kier molecular flexibility index (Phi) is 8.14. The molecule has 23 heavy (non-hydrogen) atoms. The van der Waals surface area contributed by atoms with Crippen molar-refractivity contribution in [3.05, 3.63) is 72.2 Å². The number of nitrogens with one attached hydrogen (secondary N) is 1. The molecule has 1 amide bonds. The van der Waals surface area contributed by atoms with Crippen molar-refractivity contribution in [1.82, 2.24) is 5.32 Å². The number of ketones is 1. The fourth-order valence-corrected chi connectivity index (χ4v) is 1.76. The maximum Gasteiger partial charge on any atom is 0.248 e. The minimum Gasteiger partial charge on any atom is -0.510 e. The van der Waals surface area contributed by atoms with Crippen LogP contribution in [0.4, 0.5) is 0 Å². The van der Waals surface area contributed by atoms with Gasteiger partial charge in [-0.05, 0) is 5.92 Å². The number of amides is 1. The predicted molar refractivity (Wildman–Crippen MR) is 92.6 cm³/mol. The molecule has 0 fully saturated rings. The van der Waals surface area contributed by atoms with Crippen LogP contribution in [0.25, 0.3) is 0 Å². The van der Waals surface area contributed by atoms with E-state index >= 15 is 0 Å². The average molecular weight is 313 g/mol. The van der Waals surface area contributed by atoms with Crippen molar-refractivity contribution in [1.29, 1.82) is 0 Å². The fourth-order valence-electron chi connectivity index (χ4n) is 1.76. The van der Waals surface area contributed by atoms with Crippen molar-refractivity contribution in [2.45, 2.75) is 26.7 Å². The molecule has 122 valence electrons. The second-order valence-corrected chi connectivity index (χ2v) is 5.38. The van der Waals surface area contributed by atoms with E-state index in [-0.39, 0.29) is 23.7 Å². The standard InChI is InChI=1S/C19H23NO3/c1-15(2)11-9-7-5-3-4-6-8-10-12-18(23)20-19-16(21)13-14-17(19)22/h3-12,15,21H,13-14H2,1-2H3,(H,20,23)/b4-3+,7-5+,8-6+,11-9+,12-10+. The normalized spacial score (nSPS) is 16.6. The van der Waals surface area contributed by atoms with Crippen LogP contribution >= 0.6 is 0 Å². The summed E-state index contributed by atoms with van der Waals surface area (Å²) in [5.74, 6) is -0.180. The van der Waals surface area contributed by atoms with Gasteiger partial charge in [0.2, 0.25) is 5.91 Å². The number of Topliss-reactive ketones (excluding diaryl/α,β-unsaturated/α-hetero) is 1. The molecule has 0 aliphatic heterocycles. The van der Waals surface area contributed by atoms with Gasteiger partial charge in [-0.15, -0.1) is 0 Å². The maximum atomic E-state index is 11.6. The summed E-state index contributed by atoms with van der Waals surface area (Å²) in [5.41, 5.74) is 0.0168. The highest BCUT2D eigenvalue weighted by Crippen LogP contribution is 2.17. The van der Waals surface area contributed by atoms with Gasteiger partial charge in [-0.3, -0.25) is 9.59 Å². The summed E-state index contributed by atoms with van der Waals surface area (Å²) in [6, 6.07) is 0. The smallest absolute Gasteiger partial charge is 0.248 e. The summed E-state index contributed by atoms with van der Waals surface area (Å²) < 4.78 is 0. The number of carbonyl (C=O) groups excluding carboxylic acids is 2. The molecule has 0 radical (unpaired) electrons. The van der Waals surface area contributed by atoms with E-state index in [9.17, 15) is 14.7 Å². The molecule has 0 spiro atoms. The van der Waals surface area contributed by atoms with Crippen molar-refractivity contribution in [3.8, 4) is 0 Å². The lowest BCUT2D eigenvalue weighted by Crippen LogP contribution is -2.24. The van der Waals surface area contributed by atoms with Crippen LogP contribution < -0.4 is 5.32 Å². The van der Waals surface area contributed by atoms with Gasteiger partial charge in [0.05, 0.1) is 0 Å². The lowest BCUT2D eigenvalue weighted by atomic mass is 10.2. The van der Waals surface area contributed by atoms with Gasteiger partial charge in [-0.25, -0.2) is 0 Å². The first-order valence-corrected chi connectivity index (χ1v) is 7.62. The van der Waals surface area contributed by atoms with Crippen LogP contribution in [-0.2, 0) is 9.59 Å².